The first-order chi connectivity index (χ1) is 15.6. The van der Waals surface area contributed by atoms with Crippen LogP contribution in [-0.4, -0.2) is 61.5 Å². The SMILES string of the molecule is Cc1ccc(NC(=O)c2nnc(CN3CCN(Cc4cn5ccccc5n4)CC3)s2)cc1. The average Bonchev–Trinajstić information content (AvgIpc) is 3.43. The van der Waals surface area contributed by atoms with Crippen LogP contribution >= 0.6 is 11.3 Å². The molecule has 1 saturated heterocycles. The number of carbonyl (C=O) groups is 1. The molecule has 5 rings (SSSR count). The Kier molecular flexibility index (Phi) is 5.93. The Bertz CT molecular complexity index is 1180. The average molecular weight is 448 g/mol. The maximum Gasteiger partial charge on any atom is 0.286 e. The number of hydrogen-bond acceptors (Lipinski definition) is 7. The number of amides is 1. The van der Waals surface area contributed by atoms with Crippen molar-refractivity contribution in [1.82, 2.24) is 29.4 Å². The minimum Gasteiger partial charge on any atom is -0.320 e. The molecule has 0 unspecified atom stereocenters. The Morgan fingerprint density at radius 1 is 1.00 bits per heavy atom. The fraction of sp³-hybridized carbons (Fsp3) is 0.304. The van der Waals surface area contributed by atoms with Crippen LogP contribution < -0.4 is 5.32 Å². The molecule has 0 aliphatic carbocycles. The summed E-state index contributed by atoms with van der Waals surface area (Å²) < 4.78 is 2.06. The van der Waals surface area contributed by atoms with E-state index in [0.29, 0.717) is 5.01 Å². The monoisotopic (exact) mass is 447 g/mol. The van der Waals surface area contributed by atoms with Gasteiger partial charge in [0.15, 0.2) is 0 Å². The van der Waals surface area contributed by atoms with Crippen molar-refractivity contribution in [3.05, 3.63) is 76.1 Å². The highest BCUT2D eigenvalue weighted by atomic mass is 32.1. The summed E-state index contributed by atoms with van der Waals surface area (Å²) in [4.78, 5) is 21.9. The fourth-order valence-electron chi connectivity index (χ4n) is 3.82. The van der Waals surface area contributed by atoms with Gasteiger partial charge in [-0.15, -0.1) is 10.2 Å². The number of anilines is 1. The molecular weight excluding hydrogens is 422 g/mol. The zero-order valence-electron chi connectivity index (χ0n) is 17.9. The van der Waals surface area contributed by atoms with Gasteiger partial charge in [-0.3, -0.25) is 14.6 Å². The molecule has 9 heteroatoms. The van der Waals surface area contributed by atoms with E-state index < -0.39 is 0 Å². The number of aryl methyl sites for hydroxylation is 1. The number of nitrogens with zero attached hydrogens (tertiary/aromatic N) is 6. The molecule has 0 bridgehead atoms. The lowest BCUT2D eigenvalue weighted by molar-refractivity contribution is 0.102. The van der Waals surface area contributed by atoms with Gasteiger partial charge in [0.1, 0.15) is 10.7 Å². The number of aromatic nitrogens is 4. The van der Waals surface area contributed by atoms with Gasteiger partial charge in [0.25, 0.3) is 5.91 Å². The van der Waals surface area contributed by atoms with E-state index in [4.69, 9.17) is 4.98 Å². The number of imidazole rings is 1. The standard InChI is InChI=1S/C23H25N7OS/c1-17-5-7-18(8-6-17)25-22(31)23-27-26-21(32-23)16-29-12-10-28(11-13-29)14-19-15-30-9-3-2-4-20(30)24-19/h2-9,15H,10-14,16H2,1H3,(H,25,31). The normalized spacial score (nSPS) is 15.3. The number of benzene rings is 1. The Labute approximate surface area is 190 Å². The quantitative estimate of drug-likeness (QED) is 0.489. The van der Waals surface area contributed by atoms with Crippen molar-refractivity contribution < 1.29 is 4.79 Å². The largest absolute Gasteiger partial charge is 0.320 e. The minimum absolute atomic E-state index is 0.213. The van der Waals surface area contributed by atoms with Crippen LogP contribution in [0.5, 0.6) is 0 Å². The molecule has 0 saturated carbocycles. The topological polar surface area (TPSA) is 78.7 Å². The number of pyridine rings is 1. The van der Waals surface area contributed by atoms with Crippen LogP contribution in [-0.2, 0) is 13.1 Å². The van der Waals surface area contributed by atoms with Crippen molar-refractivity contribution in [3.8, 4) is 0 Å². The van der Waals surface area contributed by atoms with E-state index in [1.54, 1.807) is 0 Å². The summed E-state index contributed by atoms with van der Waals surface area (Å²) in [6.07, 6.45) is 4.13. The molecule has 1 aliphatic heterocycles. The number of hydrogen-bond donors (Lipinski definition) is 1. The third-order valence-electron chi connectivity index (χ3n) is 5.59. The van der Waals surface area contributed by atoms with Gasteiger partial charge < -0.3 is 9.72 Å². The maximum absolute atomic E-state index is 12.5. The third kappa shape index (κ3) is 4.85. The van der Waals surface area contributed by atoms with E-state index in [1.807, 2.05) is 55.6 Å². The molecule has 1 aliphatic rings. The fourth-order valence-corrected chi connectivity index (χ4v) is 4.60. The van der Waals surface area contributed by atoms with Crippen LogP contribution in [0.25, 0.3) is 5.65 Å². The molecule has 0 spiro atoms. The summed E-state index contributed by atoms with van der Waals surface area (Å²) in [6.45, 7) is 7.47. The first kappa shape index (κ1) is 20.7. The molecule has 1 amide bonds. The van der Waals surface area contributed by atoms with Crippen LogP contribution in [0.4, 0.5) is 5.69 Å². The first-order valence-corrected chi connectivity index (χ1v) is 11.5. The third-order valence-corrected chi connectivity index (χ3v) is 6.50. The Morgan fingerprint density at radius 3 is 2.50 bits per heavy atom. The van der Waals surface area contributed by atoms with E-state index in [1.165, 1.54) is 11.3 Å². The second kappa shape index (κ2) is 9.15. The maximum atomic E-state index is 12.5. The van der Waals surface area contributed by atoms with Crippen molar-refractivity contribution in [3.63, 3.8) is 0 Å². The molecule has 164 valence electrons. The van der Waals surface area contributed by atoms with E-state index in [2.05, 4.69) is 35.9 Å². The Hall–Kier alpha value is -3.14. The van der Waals surface area contributed by atoms with Gasteiger partial charge in [0.05, 0.1) is 12.2 Å². The Balaban J connectivity index is 1.11. The van der Waals surface area contributed by atoms with Crippen molar-refractivity contribution in [2.45, 2.75) is 20.0 Å². The lowest BCUT2D eigenvalue weighted by Gasteiger charge is -2.33. The van der Waals surface area contributed by atoms with Gasteiger partial charge in [-0.25, -0.2) is 4.98 Å². The van der Waals surface area contributed by atoms with E-state index in [9.17, 15) is 4.79 Å². The summed E-state index contributed by atoms with van der Waals surface area (Å²) in [5, 5.41) is 12.5. The van der Waals surface area contributed by atoms with E-state index >= 15 is 0 Å². The molecule has 1 N–H and O–H groups in total. The molecule has 32 heavy (non-hydrogen) atoms. The molecule has 4 heterocycles. The zero-order valence-corrected chi connectivity index (χ0v) is 18.8. The molecule has 8 nitrogen and oxygen atoms in total. The molecule has 1 aromatic carbocycles. The van der Waals surface area contributed by atoms with Crippen LogP contribution in [0.1, 0.15) is 26.1 Å². The zero-order chi connectivity index (χ0) is 21.9. The molecular formula is C23H25N7OS. The molecule has 0 atom stereocenters. The highest BCUT2D eigenvalue weighted by Crippen LogP contribution is 2.17. The van der Waals surface area contributed by atoms with Gasteiger partial charge >= 0.3 is 0 Å². The number of rotatable bonds is 6. The summed E-state index contributed by atoms with van der Waals surface area (Å²) in [7, 11) is 0. The predicted octanol–water partition coefficient (Wildman–Crippen LogP) is 3.06. The summed E-state index contributed by atoms with van der Waals surface area (Å²) in [5.41, 5.74) is 4.00. The van der Waals surface area contributed by atoms with E-state index in [-0.39, 0.29) is 5.91 Å². The lowest BCUT2D eigenvalue weighted by Crippen LogP contribution is -2.45. The smallest absolute Gasteiger partial charge is 0.286 e. The van der Waals surface area contributed by atoms with Crippen molar-refractivity contribution in [2.24, 2.45) is 0 Å². The van der Waals surface area contributed by atoms with Crippen LogP contribution in [0.15, 0.2) is 54.9 Å². The van der Waals surface area contributed by atoms with E-state index in [0.717, 1.165) is 66.9 Å². The molecule has 4 aromatic rings. The van der Waals surface area contributed by atoms with Gasteiger partial charge in [-0.2, -0.15) is 0 Å². The highest BCUT2D eigenvalue weighted by molar-refractivity contribution is 7.13. The predicted molar refractivity (Wildman–Crippen MR) is 125 cm³/mol. The number of fused-ring (bicyclic) bond motifs is 1. The van der Waals surface area contributed by atoms with Crippen molar-refractivity contribution in [2.75, 3.05) is 31.5 Å². The van der Waals surface area contributed by atoms with Crippen LogP contribution in [0.3, 0.4) is 0 Å². The molecule has 3 aromatic heterocycles. The van der Waals surface area contributed by atoms with Crippen LogP contribution in [0, 0.1) is 6.92 Å². The summed E-state index contributed by atoms with van der Waals surface area (Å²) in [5.74, 6) is -0.213. The number of carbonyl (C=O) groups excluding carboxylic acids is 1. The van der Waals surface area contributed by atoms with Crippen LogP contribution in [0.2, 0.25) is 0 Å². The summed E-state index contributed by atoms with van der Waals surface area (Å²) >= 11 is 1.36. The van der Waals surface area contributed by atoms with Crippen molar-refractivity contribution in [1.29, 1.82) is 0 Å². The number of piperazine rings is 1. The molecule has 0 radical (unpaired) electrons. The first-order valence-electron chi connectivity index (χ1n) is 10.7. The second-order valence-electron chi connectivity index (χ2n) is 8.07. The van der Waals surface area contributed by atoms with Gasteiger partial charge in [0, 0.05) is 50.8 Å². The summed E-state index contributed by atoms with van der Waals surface area (Å²) in [6, 6.07) is 13.8. The highest BCUT2D eigenvalue weighted by Gasteiger charge is 2.20. The number of nitrogens with one attached hydrogen (secondary N) is 1. The van der Waals surface area contributed by atoms with Crippen molar-refractivity contribution >= 4 is 28.6 Å². The Morgan fingerprint density at radius 2 is 1.75 bits per heavy atom. The lowest BCUT2D eigenvalue weighted by atomic mass is 10.2. The molecule has 1 fully saturated rings. The second-order valence-corrected chi connectivity index (χ2v) is 9.13. The van der Waals surface area contributed by atoms with Gasteiger partial charge in [-0.05, 0) is 31.2 Å². The minimum atomic E-state index is -0.213. The van der Waals surface area contributed by atoms with Gasteiger partial charge in [0.2, 0.25) is 5.01 Å². The van der Waals surface area contributed by atoms with Gasteiger partial charge in [-0.1, -0.05) is 35.1 Å².